The van der Waals surface area contributed by atoms with Gasteiger partial charge in [-0.25, -0.2) is 0 Å². The number of carbonyl (C=O) groups is 1. The molecule has 0 aliphatic carbocycles. The molecule has 2 saturated heterocycles. The lowest BCUT2D eigenvalue weighted by molar-refractivity contribution is -0.128. The molecule has 1 unspecified atom stereocenters. The Morgan fingerprint density at radius 3 is 1.79 bits per heavy atom. The van der Waals surface area contributed by atoms with E-state index in [9.17, 15) is 4.79 Å². The molecular weight excluding hydrogens is 236 g/mol. The van der Waals surface area contributed by atoms with Crippen LogP contribution in [-0.4, -0.2) is 53.8 Å². The highest BCUT2D eigenvalue weighted by Crippen LogP contribution is 2.27. The Balaban J connectivity index is 1.82. The summed E-state index contributed by atoms with van der Waals surface area (Å²) < 4.78 is 0. The van der Waals surface area contributed by atoms with Gasteiger partial charge >= 0.3 is 0 Å². The molecule has 1 atom stereocenters. The standard InChI is InChI=1S/C16H30N2O/c1-12(2)17-8-5-14(6-9-17)16(19)15-7-10-18(11-15)13(3)4/h12-15H,5-11H2,1-4H3. The lowest BCUT2D eigenvalue weighted by Gasteiger charge is -2.34. The summed E-state index contributed by atoms with van der Waals surface area (Å²) in [5.74, 6) is 1.22. The van der Waals surface area contributed by atoms with E-state index in [0.29, 0.717) is 29.7 Å². The van der Waals surface area contributed by atoms with Gasteiger partial charge in [0, 0.05) is 30.5 Å². The molecular formula is C16H30N2O. The fourth-order valence-corrected chi connectivity index (χ4v) is 3.52. The second-order valence-electron chi connectivity index (χ2n) is 6.88. The van der Waals surface area contributed by atoms with Crippen LogP contribution in [0.4, 0.5) is 0 Å². The molecule has 0 saturated carbocycles. The van der Waals surface area contributed by atoms with Crippen molar-refractivity contribution < 1.29 is 4.79 Å². The fraction of sp³-hybridized carbons (Fsp3) is 0.938. The maximum Gasteiger partial charge on any atom is 0.140 e. The highest BCUT2D eigenvalue weighted by Gasteiger charge is 2.35. The Bertz CT molecular complexity index is 306. The number of hydrogen-bond donors (Lipinski definition) is 0. The molecule has 19 heavy (non-hydrogen) atoms. The van der Waals surface area contributed by atoms with Crippen LogP contribution >= 0.6 is 0 Å². The highest BCUT2D eigenvalue weighted by molar-refractivity contribution is 5.84. The van der Waals surface area contributed by atoms with Crippen molar-refractivity contribution in [3.8, 4) is 0 Å². The minimum Gasteiger partial charge on any atom is -0.301 e. The van der Waals surface area contributed by atoms with Crippen molar-refractivity contribution in [1.82, 2.24) is 9.80 Å². The monoisotopic (exact) mass is 266 g/mol. The number of rotatable bonds is 4. The van der Waals surface area contributed by atoms with Gasteiger partial charge in [-0.15, -0.1) is 0 Å². The Hall–Kier alpha value is -0.410. The molecule has 2 aliphatic rings. The van der Waals surface area contributed by atoms with E-state index in [-0.39, 0.29) is 0 Å². The molecule has 2 aliphatic heterocycles. The minimum absolute atomic E-state index is 0.318. The Morgan fingerprint density at radius 1 is 0.842 bits per heavy atom. The molecule has 2 fully saturated rings. The number of Topliss-reactive ketones (excluding diaryl/α,β-unsaturated/α-hetero) is 1. The van der Waals surface area contributed by atoms with E-state index in [1.165, 1.54) is 0 Å². The topological polar surface area (TPSA) is 23.6 Å². The maximum absolute atomic E-state index is 12.6. The van der Waals surface area contributed by atoms with Gasteiger partial charge in [-0.3, -0.25) is 4.79 Å². The predicted octanol–water partition coefficient (Wildman–Crippen LogP) is 2.41. The third-order valence-corrected chi connectivity index (χ3v) is 5.01. The van der Waals surface area contributed by atoms with E-state index in [2.05, 4.69) is 37.5 Å². The van der Waals surface area contributed by atoms with Crippen LogP contribution in [-0.2, 0) is 4.79 Å². The molecule has 0 amide bonds. The van der Waals surface area contributed by atoms with Crippen LogP contribution in [0.3, 0.4) is 0 Å². The first-order chi connectivity index (χ1) is 8.99. The van der Waals surface area contributed by atoms with E-state index in [4.69, 9.17) is 0 Å². The summed E-state index contributed by atoms with van der Waals surface area (Å²) in [6.45, 7) is 13.3. The Labute approximate surface area is 118 Å². The zero-order valence-corrected chi connectivity index (χ0v) is 13.1. The van der Waals surface area contributed by atoms with Crippen molar-refractivity contribution in [2.45, 2.75) is 59.0 Å². The van der Waals surface area contributed by atoms with E-state index in [1.807, 2.05) is 0 Å². The second-order valence-corrected chi connectivity index (χ2v) is 6.88. The van der Waals surface area contributed by atoms with Crippen LogP contribution in [0.2, 0.25) is 0 Å². The van der Waals surface area contributed by atoms with Crippen LogP contribution in [0.25, 0.3) is 0 Å². The van der Waals surface area contributed by atoms with Crippen molar-refractivity contribution in [2.75, 3.05) is 26.2 Å². The quantitative estimate of drug-likeness (QED) is 0.780. The molecule has 2 heterocycles. The number of likely N-dealkylation sites (tertiary alicyclic amines) is 2. The van der Waals surface area contributed by atoms with Gasteiger partial charge in [-0.05, 0) is 66.6 Å². The summed E-state index contributed by atoms with van der Waals surface area (Å²) in [7, 11) is 0. The molecule has 0 aromatic heterocycles. The molecule has 0 N–H and O–H groups in total. The van der Waals surface area contributed by atoms with Crippen LogP contribution in [0, 0.1) is 11.8 Å². The normalized spacial score (nSPS) is 27.6. The van der Waals surface area contributed by atoms with Gasteiger partial charge in [0.15, 0.2) is 0 Å². The van der Waals surface area contributed by atoms with Gasteiger partial charge in [0.05, 0.1) is 0 Å². The van der Waals surface area contributed by atoms with Crippen LogP contribution < -0.4 is 0 Å². The lowest BCUT2D eigenvalue weighted by Crippen LogP contribution is -2.41. The van der Waals surface area contributed by atoms with Gasteiger partial charge in [-0.1, -0.05) is 0 Å². The summed E-state index contributed by atoms with van der Waals surface area (Å²) in [6, 6.07) is 1.21. The third-order valence-electron chi connectivity index (χ3n) is 5.01. The summed E-state index contributed by atoms with van der Waals surface area (Å²) in [5.41, 5.74) is 0. The van der Waals surface area contributed by atoms with E-state index in [0.717, 1.165) is 45.4 Å². The number of piperidine rings is 1. The first-order valence-electron chi connectivity index (χ1n) is 8.01. The molecule has 0 bridgehead atoms. The summed E-state index contributed by atoms with van der Waals surface area (Å²) in [6.07, 6.45) is 3.24. The predicted molar refractivity (Wildman–Crippen MR) is 79.3 cm³/mol. The first kappa shape index (κ1) is 15.0. The molecule has 3 heteroatoms. The largest absolute Gasteiger partial charge is 0.301 e. The van der Waals surface area contributed by atoms with Gasteiger partial charge in [0.2, 0.25) is 0 Å². The number of carbonyl (C=O) groups excluding carboxylic acids is 1. The number of ketones is 1. The molecule has 110 valence electrons. The van der Waals surface area contributed by atoms with E-state index >= 15 is 0 Å². The van der Waals surface area contributed by atoms with Crippen molar-refractivity contribution in [2.24, 2.45) is 11.8 Å². The number of nitrogens with zero attached hydrogens (tertiary/aromatic N) is 2. The molecule has 0 aromatic rings. The highest BCUT2D eigenvalue weighted by atomic mass is 16.1. The van der Waals surface area contributed by atoms with Crippen molar-refractivity contribution in [3.05, 3.63) is 0 Å². The third kappa shape index (κ3) is 3.57. The minimum atomic E-state index is 0.318. The van der Waals surface area contributed by atoms with Gasteiger partial charge in [-0.2, -0.15) is 0 Å². The van der Waals surface area contributed by atoms with Gasteiger partial charge in [0.25, 0.3) is 0 Å². The van der Waals surface area contributed by atoms with Crippen LogP contribution in [0.5, 0.6) is 0 Å². The summed E-state index contributed by atoms with van der Waals surface area (Å²) in [5, 5.41) is 0. The lowest BCUT2D eigenvalue weighted by atomic mass is 9.85. The van der Waals surface area contributed by atoms with Crippen molar-refractivity contribution >= 4 is 5.78 Å². The van der Waals surface area contributed by atoms with Crippen molar-refractivity contribution in [3.63, 3.8) is 0 Å². The van der Waals surface area contributed by atoms with Gasteiger partial charge < -0.3 is 9.80 Å². The number of hydrogen-bond acceptors (Lipinski definition) is 3. The molecule has 0 aromatic carbocycles. The average Bonchev–Trinajstić information content (AvgIpc) is 2.87. The summed E-state index contributed by atoms with van der Waals surface area (Å²) >= 11 is 0. The molecule has 0 radical (unpaired) electrons. The zero-order valence-electron chi connectivity index (χ0n) is 13.1. The zero-order chi connectivity index (χ0) is 14.0. The molecule has 2 rings (SSSR count). The average molecular weight is 266 g/mol. The fourth-order valence-electron chi connectivity index (χ4n) is 3.52. The van der Waals surface area contributed by atoms with Crippen molar-refractivity contribution in [1.29, 1.82) is 0 Å². The smallest absolute Gasteiger partial charge is 0.140 e. The SMILES string of the molecule is CC(C)N1CCC(C(=O)C2CCN(C(C)C)C2)CC1. The Kier molecular flexibility index (Phi) is 5.02. The molecule has 0 spiro atoms. The first-order valence-corrected chi connectivity index (χ1v) is 8.01. The van der Waals surface area contributed by atoms with Crippen LogP contribution in [0.15, 0.2) is 0 Å². The van der Waals surface area contributed by atoms with E-state index in [1.54, 1.807) is 0 Å². The van der Waals surface area contributed by atoms with Crippen LogP contribution in [0.1, 0.15) is 47.0 Å². The molecule has 3 nitrogen and oxygen atoms in total. The summed E-state index contributed by atoms with van der Waals surface area (Å²) in [4.78, 5) is 17.5. The second kappa shape index (κ2) is 6.36. The van der Waals surface area contributed by atoms with Gasteiger partial charge in [0.1, 0.15) is 5.78 Å². The Morgan fingerprint density at radius 2 is 1.32 bits per heavy atom. The maximum atomic E-state index is 12.6. The van der Waals surface area contributed by atoms with E-state index < -0.39 is 0 Å².